The predicted molar refractivity (Wildman–Crippen MR) is 271 cm³/mol. The molecule has 4 saturated heterocycles. The van der Waals surface area contributed by atoms with Crippen LogP contribution in [0.2, 0.25) is 0 Å². The van der Waals surface area contributed by atoms with Crippen molar-refractivity contribution >= 4 is 69.6 Å². The number of alkyl halides is 3. The number of para-hydroxylation sites is 2. The first-order valence-corrected chi connectivity index (χ1v) is 24.7. The van der Waals surface area contributed by atoms with Gasteiger partial charge in [-0.05, 0) is 84.1 Å². The smallest absolute Gasteiger partial charge is 0.444 e. The summed E-state index contributed by atoms with van der Waals surface area (Å²) in [4.78, 5) is 105. The van der Waals surface area contributed by atoms with E-state index in [-0.39, 0.29) is 55.9 Å². The number of hydrogen-bond acceptors (Lipinski definition) is 11. The van der Waals surface area contributed by atoms with Gasteiger partial charge in [-0.3, -0.25) is 47.6 Å². The van der Waals surface area contributed by atoms with Crippen molar-refractivity contribution in [1.29, 1.82) is 0 Å². The number of carbonyl (C=O) groups excluding carboxylic acids is 8. The highest BCUT2D eigenvalue weighted by Gasteiger charge is 2.48. The Morgan fingerprint density at radius 3 is 1.54 bits per heavy atom. The number of carbonyl (C=O) groups is 8. The summed E-state index contributed by atoms with van der Waals surface area (Å²) in [6, 6.07) is 15.3. The minimum atomic E-state index is -4.97. The Hall–Kier alpha value is -6.61. The van der Waals surface area contributed by atoms with Crippen molar-refractivity contribution in [3.63, 3.8) is 0 Å². The molecule has 0 saturated carbocycles. The summed E-state index contributed by atoms with van der Waals surface area (Å²) in [5.41, 5.74) is 0.900. The van der Waals surface area contributed by atoms with E-state index in [4.69, 9.17) is 20.4 Å². The molecule has 18 nitrogen and oxygen atoms in total. The standard InChI is InChI=1S/C26H34N4O6.C22H27N3O4.C2HF3O.C2H6.CH4/c1-16(28(5)25(34)36-26(2,3)4)22(31)27-18-13-15-35-21-11-10-20(30(21)23(18)32)24(33)29-14-12-17-8-6-7-9-19(17)29;1-3-14(2)20(26)23-16-11-13-29-19-9-8-18(25(19)21(16)27)22(28)24-12-10-15-6-4-5-7-17(15)24;3-2(4,5)1-6;1-2;/h6-9,12,14,16,18,20-21H,10-11,13,15H2,1-5H3,(H,27,31);4-7,10,12,14,16,18-19H,3,8-9,11,13H2,1-2H3,(H,23,26);1H;1-2H3;1H4/t16-,18-,20+,21-;14-,16+,18-,19+;;;/m01.../s1/i;;1D;;. The Labute approximate surface area is 431 Å². The summed E-state index contributed by atoms with van der Waals surface area (Å²) in [7, 11) is 1.48. The first kappa shape index (κ1) is 58.3. The van der Waals surface area contributed by atoms with E-state index in [2.05, 4.69) is 10.6 Å². The van der Waals surface area contributed by atoms with Crippen LogP contribution in [-0.2, 0) is 38.2 Å². The van der Waals surface area contributed by atoms with Crippen molar-refractivity contribution in [3.8, 4) is 0 Å². The zero-order chi connectivity index (χ0) is 54.8. The predicted octanol–water partition coefficient (Wildman–Crippen LogP) is 7.72. The van der Waals surface area contributed by atoms with Gasteiger partial charge in [-0.1, -0.05) is 71.5 Å². The van der Waals surface area contributed by atoms with Gasteiger partial charge in [0.25, 0.3) is 11.8 Å². The van der Waals surface area contributed by atoms with Crippen LogP contribution >= 0.6 is 0 Å². The summed E-state index contributed by atoms with van der Waals surface area (Å²) in [6.07, 6.45) is -1.99. The second-order valence-electron chi connectivity index (χ2n) is 18.9. The molecule has 4 aromatic rings. The molecule has 4 aliphatic rings. The van der Waals surface area contributed by atoms with E-state index >= 15 is 0 Å². The zero-order valence-electron chi connectivity index (χ0n) is 43.8. The summed E-state index contributed by atoms with van der Waals surface area (Å²) >= 11 is 0. The first-order chi connectivity index (χ1) is 34.9. The molecular formula is C53H72F3N7O11. The number of amides is 5. The molecule has 4 aliphatic heterocycles. The van der Waals surface area contributed by atoms with E-state index in [1.165, 1.54) is 16.8 Å². The molecule has 0 aliphatic carbocycles. The van der Waals surface area contributed by atoms with Crippen LogP contribution in [0.1, 0.15) is 119 Å². The lowest BCUT2D eigenvalue weighted by Gasteiger charge is -2.31. The van der Waals surface area contributed by atoms with Gasteiger partial charge in [-0.2, -0.15) is 13.2 Å². The van der Waals surface area contributed by atoms with Crippen LogP contribution in [0.3, 0.4) is 0 Å². The van der Waals surface area contributed by atoms with Gasteiger partial charge >= 0.3 is 12.3 Å². The van der Waals surface area contributed by atoms with E-state index in [0.29, 0.717) is 45.1 Å². The van der Waals surface area contributed by atoms with Crippen molar-refractivity contribution in [2.75, 3.05) is 20.3 Å². The molecule has 6 heterocycles. The molecule has 2 N–H and O–H groups in total. The van der Waals surface area contributed by atoms with Crippen LogP contribution in [0, 0.1) is 5.92 Å². The van der Waals surface area contributed by atoms with Gasteiger partial charge in [-0.25, -0.2) is 4.79 Å². The third kappa shape index (κ3) is 14.4. The fourth-order valence-electron chi connectivity index (χ4n) is 8.81. The molecular weight excluding hydrogens is 968 g/mol. The number of rotatable bonds is 8. The van der Waals surface area contributed by atoms with Gasteiger partial charge in [0.2, 0.25) is 29.9 Å². The highest BCUT2D eigenvalue weighted by Crippen LogP contribution is 2.33. The van der Waals surface area contributed by atoms with E-state index in [0.717, 1.165) is 21.8 Å². The highest BCUT2D eigenvalue weighted by atomic mass is 19.4. The molecule has 8 rings (SSSR count). The molecule has 5 amide bonds. The average Bonchev–Trinajstić information content (AvgIpc) is 4.17. The van der Waals surface area contributed by atoms with Crippen LogP contribution in [0.5, 0.6) is 0 Å². The Bertz CT molecular complexity index is 2670. The van der Waals surface area contributed by atoms with Crippen molar-refractivity contribution in [2.24, 2.45) is 5.92 Å². The van der Waals surface area contributed by atoms with Crippen molar-refractivity contribution in [3.05, 3.63) is 73.1 Å². The zero-order valence-corrected chi connectivity index (χ0v) is 42.8. The quantitative estimate of drug-likeness (QED) is 0.163. The number of likely N-dealkylation sites (N-methyl/N-ethyl adjacent to an activating group) is 1. The summed E-state index contributed by atoms with van der Waals surface area (Å²) in [5.74, 6) is -1.71. The minimum absolute atomic E-state index is 0. The Morgan fingerprint density at radius 2 is 1.15 bits per heavy atom. The number of halogens is 3. The Balaban J connectivity index is 0.000000280. The van der Waals surface area contributed by atoms with Crippen molar-refractivity contribution < 1.29 is 67.1 Å². The molecule has 21 heteroatoms. The number of hydrogen-bond donors (Lipinski definition) is 2. The molecule has 74 heavy (non-hydrogen) atoms. The molecule has 0 bridgehead atoms. The van der Waals surface area contributed by atoms with E-state index in [9.17, 15) is 46.7 Å². The maximum Gasteiger partial charge on any atom is 0.446 e. The Kier molecular flexibility index (Phi) is 20.5. The second kappa shape index (κ2) is 26.0. The van der Waals surface area contributed by atoms with E-state index in [1.807, 2.05) is 88.4 Å². The average molecular weight is 1040 g/mol. The maximum absolute atomic E-state index is 13.6. The summed E-state index contributed by atoms with van der Waals surface area (Å²) in [5, 5.41) is 7.55. The van der Waals surface area contributed by atoms with Crippen LogP contribution in [-0.4, -0.2) is 146 Å². The van der Waals surface area contributed by atoms with Crippen molar-refractivity contribution in [1.82, 2.24) is 34.5 Å². The molecule has 8 atom stereocenters. The second-order valence-corrected chi connectivity index (χ2v) is 18.9. The van der Waals surface area contributed by atoms with Crippen LogP contribution in [0.4, 0.5) is 18.0 Å². The Morgan fingerprint density at radius 1 is 0.743 bits per heavy atom. The molecule has 406 valence electrons. The lowest BCUT2D eigenvalue weighted by atomic mass is 10.1. The molecule has 0 unspecified atom stereocenters. The van der Waals surface area contributed by atoms with Gasteiger partial charge in [0.15, 0.2) is 0 Å². The summed E-state index contributed by atoms with van der Waals surface area (Å²) in [6.45, 7) is 15.2. The first-order valence-electron chi connectivity index (χ1n) is 25.2. The largest absolute Gasteiger partial charge is 0.446 e. The number of benzene rings is 2. The third-order valence-corrected chi connectivity index (χ3v) is 12.9. The molecule has 0 spiro atoms. The van der Waals surface area contributed by atoms with Gasteiger partial charge in [0.1, 0.15) is 49.6 Å². The fourth-order valence-corrected chi connectivity index (χ4v) is 8.81. The van der Waals surface area contributed by atoms with Gasteiger partial charge < -0.3 is 34.6 Å². The topological polar surface area (TPSA) is 208 Å². The monoisotopic (exact) mass is 1040 g/mol. The van der Waals surface area contributed by atoms with E-state index in [1.54, 1.807) is 54.1 Å². The maximum atomic E-state index is 13.6. The molecule has 2 aromatic heterocycles. The lowest BCUT2D eigenvalue weighted by Crippen LogP contribution is -2.56. The number of aromatic nitrogens is 2. The normalized spacial score (nSPS) is 22.4. The SMILES string of the molecule is C.CC.CC[C@@H](C)C(=O)N[C@H]1CCO[C@H]2CC[C@H](C(=O)n3ccc4ccccc43)N2C1=O.C[C@@H](C(=O)N[C@H]1CCO[C@H]2CC[C@H](C(=O)n3ccc4ccccc43)N2C1=O)N(C)C(=O)OC(C)(C)C.[2H]C(=O)C(F)(F)F. The third-order valence-electron chi connectivity index (χ3n) is 12.9. The fraction of sp³-hybridized carbons (Fsp3) is 0.547. The van der Waals surface area contributed by atoms with Crippen LogP contribution < -0.4 is 10.6 Å². The summed E-state index contributed by atoms with van der Waals surface area (Å²) < 4.78 is 57.7. The van der Waals surface area contributed by atoms with Crippen LogP contribution in [0.15, 0.2) is 73.1 Å². The molecule has 4 fully saturated rings. The minimum Gasteiger partial charge on any atom is -0.444 e. The number of ether oxygens (including phenoxy) is 3. The van der Waals surface area contributed by atoms with Gasteiger partial charge in [0.05, 0.1) is 24.2 Å². The number of nitrogens with zero attached hydrogens (tertiary/aromatic N) is 5. The molecule has 0 radical (unpaired) electrons. The molecule has 2 aromatic carbocycles. The number of aldehydes is 1. The van der Waals surface area contributed by atoms with Gasteiger partial charge in [0, 0.05) is 49.0 Å². The van der Waals surface area contributed by atoms with Crippen LogP contribution in [0.25, 0.3) is 21.8 Å². The number of fused-ring (bicyclic) bond motifs is 4. The van der Waals surface area contributed by atoms with Gasteiger partial charge in [-0.15, -0.1) is 0 Å². The number of nitrogens with one attached hydrogen (secondary N) is 2. The van der Waals surface area contributed by atoms with Crippen molar-refractivity contribution in [2.45, 2.75) is 162 Å². The highest BCUT2D eigenvalue weighted by molar-refractivity contribution is 6.00. The van der Waals surface area contributed by atoms with E-state index < -0.39 is 72.7 Å². The lowest BCUT2D eigenvalue weighted by molar-refractivity contribution is -0.156.